The highest BCUT2D eigenvalue weighted by Gasteiger charge is 2.25. The summed E-state index contributed by atoms with van der Waals surface area (Å²) in [4.78, 5) is 21.4. The third-order valence-corrected chi connectivity index (χ3v) is 3.65. The predicted octanol–water partition coefficient (Wildman–Crippen LogP) is 1.93. The number of hydrogen-bond donors (Lipinski definition) is 1. The molecule has 1 unspecified atom stereocenters. The summed E-state index contributed by atoms with van der Waals surface area (Å²) >= 11 is 1.31. The molecule has 1 aromatic carbocycles. The Hall–Kier alpha value is -2.22. The first-order valence-electron chi connectivity index (χ1n) is 5.82. The van der Waals surface area contributed by atoms with E-state index >= 15 is 0 Å². The monoisotopic (exact) mass is 292 g/mol. The molecule has 1 saturated heterocycles. The summed E-state index contributed by atoms with van der Waals surface area (Å²) in [6.45, 7) is 3.53. The predicted molar refractivity (Wildman–Crippen MR) is 77.9 cm³/mol. The van der Waals surface area contributed by atoms with Crippen molar-refractivity contribution < 1.29 is 9.72 Å². The van der Waals surface area contributed by atoms with Gasteiger partial charge in [-0.2, -0.15) is 5.10 Å². The number of thioether (sulfide) groups is 1. The highest BCUT2D eigenvalue weighted by atomic mass is 32.2. The van der Waals surface area contributed by atoms with E-state index in [4.69, 9.17) is 0 Å². The van der Waals surface area contributed by atoms with Crippen molar-refractivity contribution in [2.24, 2.45) is 10.2 Å². The fourth-order valence-electron chi connectivity index (χ4n) is 1.51. The highest BCUT2D eigenvalue weighted by molar-refractivity contribution is 8.15. The number of carbonyl (C=O) groups excluding carboxylic acids is 1. The smallest absolute Gasteiger partial charge is 0.269 e. The Labute approximate surface area is 119 Å². The molecule has 1 atom stereocenters. The zero-order valence-corrected chi connectivity index (χ0v) is 11.7. The van der Waals surface area contributed by atoms with Crippen LogP contribution >= 0.6 is 11.8 Å². The van der Waals surface area contributed by atoms with Crippen LogP contribution in [0.5, 0.6) is 0 Å². The van der Waals surface area contributed by atoms with Crippen molar-refractivity contribution >= 4 is 34.2 Å². The number of nitro groups is 1. The molecule has 8 heteroatoms. The van der Waals surface area contributed by atoms with Crippen LogP contribution in [0.15, 0.2) is 34.5 Å². The molecule has 104 valence electrons. The number of amidine groups is 1. The molecule has 0 saturated carbocycles. The molecule has 1 N–H and O–H groups in total. The summed E-state index contributed by atoms with van der Waals surface area (Å²) in [7, 11) is 0. The molecule has 0 bridgehead atoms. The summed E-state index contributed by atoms with van der Waals surface area (Å²) in [5, 5.41) is 21.4. The summed E-state index contributed by atoms with van der Waals surface area (Å²) < 4.78 is 0. The van der Waals surface area contributed by atoms with Gasteiger partial charge in [0.05, 0.1) is 15.9 Å². The van der Waals surface area contributed by atoms with Crippen LogP contribution in [-0.2, 0) is 4.79 Å². The van der Waals surface area contributed by atoms with Crippen molar-refractivity contribution in [2.75, 3.05) is 0 Å². The van der Waals surface area contributed by atoms with Crippen LogP contribution < -0.4 is 5.32 Å². The lowest BCUT2D eigenvalue weighted by Crippen LogP contribution is -2.23. The van der Waals surface area contributed by atoms with Crippen LogP contribution in [0.4, 0.5) is 5.69 Å². The van der Waals surface area contributed by atoms with E-state index in [1.54, 1.807) is 26.0 Å². The van der Waals surface area contributed by atoms with Crippen molar-refractivity contribution in [1.29, 1.82) is 0 Å². The Balaban J connectivity index is 2.13. The number of non-ortho nitro benzene ring substituents is 1. The number of hydrogen-bond acceptors (Lipinski definition) is 6. The maximum absolute atomic E-state index is 11.3. The number of rotatable bonds is 3. The maximum atomic E-state index is 11.3. The van der Waals surface area contributed by atoms with Gasteiger partial charge < -0.3 is 5.32 Å². The fourth-order valence-corrected chi connectivity index (χ4v) is 2.26. The maximum Gasteiger partial charge on any atom is 0.269 e. The van der Waals surface area contributed by atoms with Gasteiger partial charge in [0.2, 0.25) is 5.91 Å². The molecule has 0 aromatic heterocycles. The average Bonchev–Trinajstić information content (AvgIpc) is 2.75. The molecule has 20 heavy (non-hydrogen) atoms. The Morgan fingerprint density at radius 2 is 2.05 bits per heavy atom. The summed E-state index contributed by atoms with van der Waals surface area (Å²) in [6, 6.07) is 6.05. The van der Waals surface area contributed by atoms with Crippen LogP contribution in [-0.4, -0.2) is 27.0 Å². The molecule has 1 aliphatic rings. The first-order chi connectivity index (χ1) is 9.47. The zero-order chi connectivity index (χ0) is 14.7. The number of nitro benzene ring substituents is 1. The van der Waals surface area contributed by atoms with E-state index in [9.17, 15) is 14.9 Å². The van der Waals surface area contributed by atoms with Crippen LogP contribution in [0.2, 0.25) is 0 Å². The van der Waals surface area contributed by atoms with E-state index in [0.29, 0.717) is 10.9 Å². The minimum Gasteiger partial charge on any atom is -0.303 e. The Morgan fingerprint density at radius 1 is 1.40 bits per heavy atom. The topological polar surface area (TPSA) is 97.0 Å². The number of nitrogens with one attached hydrogen (secondary N) is 1. The molecular formula is C12H12N4O3S. The Bertz CT molecular complexity index is 610. The quantitative estimate of drug-likeness (QED) is 0.523. The van der Waals surface area contributed by atoms with Crippen molar-refractivity contribution in [3.05, 3.63) is 39.9 Å². The molecule has 7 nitrogen and oxygen atoms in total. The standard InChI is InChI=1S/C12H12N4O3S/c1-7(9-3-5-10(6-4-9)16(18)19)14-15-12-13-11(17)8(2)20-12/h3-6,8H,1-2H3,(H,13,15,17). The van der Waals surface area contributed by atoms with Gasteiger partial charge in [-0.1, -0.05) is 11.8 Å². The Morgan fingerprint density at radius 3 is 2.55 bits per heavy atom. The average molecular weight is 292 g/mol. The van der Waals surface area contributed by atoms with Gasteiger partial charge in [-0.05, 0) is 31.5 Å². The minimum atomic E-state index is -0.456. The SMILES string of the molecule is CC(=NN=C1NC(=O)C(C)S1)c1ccc([N+](=O)[O-])cc1. The summed E-state index contributed by atoms with van der Waals surface area (Å²) in [5.41, 5.74) is 1.38. The van der Waals surface area contributed by atoms with Gasteiger partial charge in [-0.15, -0.1) is 5.10 Å². The lowest BCUT2D eigenvalue weighted by Gasteiger charge is -1.98. The first-order valence-corrected chi connectivity index (χ1v) is 6.70. The molecule has 2 rings (SSSR count). The second-order valence-corrected chi connectivity index (χ2v) is 5.47. The molecule has 0 spiro atoms. The van der Waals surface area contributed by atoms with Crippen LogP contribution in [0.25, 0.3) is 0 Å². The van der Waals surface area contributed by atoms with E-state index < -0.39 is 4.92 Å². The van der Waals surface area contributed by atoms with Gasteiger partial charge in [0.1, 0.15) is 0 Å². The normalized spacial score (nSPS) is 21.1. The van der Waals surface area contributed by atoms with Gasteiger partial charge >= 0.3 is 0 Å². The van der Waals surface area contributed by atoms with E-state index in [2.05, 4.69) is 15.5 Å². The van der Waals surface area contributed by atoms with E-state index in [-0.39, 0.29) is 16.8 Å². The lowest BCUT2D eigenvalue weighted by molar-refractivity contribution is -0.384. The van der Waals surface area contributed by atoms with Gasteiger partial charge in [-0.25, -0.2) is 0 Å². The molecule has 0 aliphatic carbocycles. The third-order valence-electron chi connectivity index (χ3n) is 2.67. The van der Waals surface area contributed by atoms with E-state index in [1.165, 1.54) is 23.9 Å². The van der Waals surface area contributed by atoms with Gasteiger partial charge in [0, 0.05) is 12.1 Å². The Kier molecular flexibility index (Phi) is 4.14. The fraction of sp³-hybridized carbons (Fsp3) is 0.250. The second kappa shape index (κ2) is 5.83. The molecule has 1 heterocycles. The number of amides is 1. The van der Waals surface area contributed by atoms with Crippen molar-refractivity contribution in [2.45, 2.75) is 19.1 Å². The number of carbonyl (C=O) groups is 1. The highest BCUT2D eigenvalue weighted by Crippen LogP contribution is 2.18. The lowest BCUT2D eigenvalue weighted by atomic mass is 10.1. The third kappa shape index (κ3) is 3.21. The number of nitrogens with zero attached hydrogens (tertiary/aromatic N) is 3. The molecule has 0 radical (unpaired) electrons. The van der Waals surface area contributed by atoms with Crippen molar-refractivity contribution in [1.82, 2.24) is 5.32 Å². The second-order valence-electron chi connectivity index (χ2n) is 4.14. The summed E-state index contributed by atoms with van der Waals surface area (Å²) in [5.74, 6) is -0.0862. The molecule has 1 aliphatic heterocycles. The van der Waals surface area contributed by atoms with Crippen LogP contribution in [0, 0.1) is 10.1 Å². The molecular weight excluding hydrogens is 280 g/mol. The first kappa shape index (κ1) is 14.2. The van der Waals surface area contributed by atoms with E-state index in [1.807, 2.05) is 0 Å². The molecule has 1 amide bonds. The largest absolute Gasteiger partial charge is 0.303 e. The van der Waals surface area contributed by atoms with E-state index in [0.717, 1.165) is 5.56 Å². The molecule has 1 aromatic rings. The van der Waals surface area contributed by atoms with Crippen molar-refractivity contribution in [3.63, 3.8) is 0 Å². The zero-order valence-electron chi connectivity index (χ0n) is 10.9. The molecule has 1 fully saturated rings. The summed E-state index contributed by atoms with van der Waals surface area (Å²) in [6.07, 6.45) is 0. The van der Waals surface area contributed by atoms with Crippen LogP contribution in [0.1, 0.15) is 19.4 Å². The van der Waals surface area contributed by atoms with Crippen molar-refractivity contribution in [3.8, 4) is 0 Å². The van der Waals surface area contributed by atoms with Gasteiger partial charge in [0.15, 0.2) is 5.17 Å². The van der Waals surface area contributed by atoms with Gasteiger partial charge in [-0.3, -0.25) is 14.9 Å². The van der Waals surface area contributed by atoms with Gasteiger partial charge in [0.25, 0.3) is 5.69 Å². The van der Waals surface area contributed by atoms with Crippen LogP contribution in [0.3, 0.4) is 0 Å². The minimum absolute atomic E-state index is 0.0281. The number of benzene rings is 1.